The van der Waals surface area contributed by atoms with E-state index >= 15 is 0 Å². The van der Waals surface area contributed by atoms with E-state index in [1.54, 1.807) is 23.0 Å². The molecule has 1 amide bonds. The number of furan rings is 1. The van der Waals surface area contributed by atoms with Crippen LogP contribution in [0.5, 0.6) is 0 Å². The standard InChI is InChI=1S/C20H22BrN3O2/c1-20(2,10-15-6-4-3-5-7-15)14-22-19(25)18-9-8-17(26-18)13-24-12-16(21)11-23-24/h3-9,11-12H,10,13-14H2,1-2H3,(H,22,25). The molecule has 26 heavy (non-hydrogen) atoms. The van der Waals surface area contributed by atoms with Gasteiger partial charge in [0.1, 0.15) is 5.76 Å². The minimum Gasteiger partial charge on any atom is -0.454 e. The number of carbonyl (C=O) groups excluding carboxylic acids is 1. The maximum atomic E-state index is 12.4. The second-order valence-electron chi connectivity index (χ2n) is 7.13. The van der Waals surface area contributed by atoms with Crippen molar-refractivity contribution in [1.29, 1.82) is 0 Å². The van der Waals surface area contributed by atoms with Crippen molar-refractivity contribution in [3.63, 3.8) is 0 Å². The first-order chi connectivity index (χ1) is 12.4. The maximum Gasteiger partial charge on any atom is 0.287 e. The summed E-state index contributed by atoms with van der Waals surface area (Å²) in [5.74, 6) is 0.815. The average Bonchev–Trinajstić information content (AvgIpc) is 3.23. The number of hydrogen-bond donors (Lipinski definition) is 1. The van der Waals surface area contributed by atoms with Crippen molar-refractivity contribution in [3.05, 3.63) is 76.4 Å². The van der Waals surface area contributed by atoms with Gasteiger partial charge in [0.25, 0.3) is 5.91 Å². The molecule has 3 rings (SSSR count). The molecule has 0 aliphatic carbocycles. The van der Waals surface area contributed by atoms with Crippen LogP contribution < -0.4 is 5.32 Å². The predicted molar refractivity (Wildman–Crippen MR) is 104 cm³/mol. The second-order valence-corrected chi connectivity index (χ2v) is 8.05. The molecular formula is C20H22BrN3O2. The molecule has 1 aromatic carbocycles. The van der Waals surface area contributed by atoms with E-state index in [1.807, 2.05) is 24.4 Å². The molecule has 0 radical (unpaired) electrons. The van der Waals surface area contributed by atoms with E-state index in [0.717, 1.165) is 10.9 Å². The van der Waals surface area contributed by atoms with Crippen LogP contribution in [0, 0.1) is 5.41 Å². The summed E-state index contributed by atoms with van der Waals surface area (Å²) in [6.45, 7) is 5.34. The van der Waals surface area contributed by atoms with Crippen LogP contribution in [0.15, 0.2) is 63.7 Å². The summed E-state index contributed by atoms with van der Waals surface area (Å²) in [7, 11) is 0. The van der Waals surface area contributed by atoms with E-state index in [4.69, 9.17) is 4.42 Å². The number of carbonyl (C=O) groups is 1. The fourth-order valence-electron chi connectivity index (χ4n) is 2.79. The molecule has 0 bridgehead atoms. The van der Waals surface area contributed by atoms with Crippen molar-refractivity contribution in [3.8, 4) is 0 Å². The quantitative estimate of drug-likeness (QED) is 0.625. The van der Waals surface area contributed by atoms with Crippen LogP contribution in [0.4, 0.5) is 0 Å². The number of benzene rings is 1. The number of rotatable bonds is 7. The van der Waals surface area contributed by atoms with Crippen LogP contribution in [0.1, 0.15) is 35.7 Å². The van der Waals surface area contributed by atoms with Crippen molar-refractivity contribution in [2.45, 2.75) is 26.8 Å². The van der Waals surface area contributed by atoms with Crippen LogP contribution >= 0.6 is 15.9 Å². The van der Waals surface area contributed by atoms with Crippen LogP contribution in [-0.2, 0) is 13.0 Å². The number of amides is 1. The highest BCUT2D eigenvalue weighted by molar-refractivity contribution is 9.10. The first-order valence-corrected chi connectivity index (χ1v) is 9.29. The molecule has 6 heteroatoms. The third-order valence-corrected chi connectivity index (χ3v) is 4.47. The minimum absolute atomic E-state index is 0.0478. The van der Waals surface area contributed by atoms with Crippen LogP contribution in [0.25, 0.3) is 0 Å². The largest absolute Gasteiger partial charge is 0.454 e. The molecule has 0 fully saturated rings. The summed E-state index contributed by atoms with van der Waals surface area (Å²) in [5, 5.41) is 7.16. The Labute approximate surface area is 161 Å². The zero-order valence-corrected chi connectivity index (χ0v) is 16.5. The number of hydrogen-bond acceptors (Lipinski definition) is 3. The Bertz CT molecular complexity index is 868. The van der Waals surface area contributed by atoms with Crippen LogP contribution in [-0.4, -0.2) is 22.2 Å². The number of aromatic nitrogens is 2. The third kappa shape index (κ3) is 5.08. The first kappa shape index (κ1) is 18.5. The lowest BCUT2D eigenvalue weighted by molar-refractivity contribution is 0.0906. The predicted octanol–water partition coefficient (Wildman–Crippen LogP) is 4.29. The lowest BCUT2D eigenvalue weighted by Crippen LogP contribution is -2.35. The van der Waals surface area contributed by atoms with Gasteiger partial charge in [-0.3, -0.25) is 9.48 Å². The number of halogens is 1. The van der Waals surface area contributed by atoms with Gasteiger partial charge in [0.15, 0.2) is 5.76 Å². The Morgan fingerprint density at radius 2 is 2.00 bits per heavy atom. The molecular weight excluding hydrogens is 394 g/mol. The van der Waals surface area contributed by atoms with Gasteiger partial charge >= 0.3 is 0 Å². The Morgan fingerprint density at radius 3 is 2.69 bits per heavy atom. The average molecular weight is 416 g/mol. The summed E-state index contributed by atoms with van der Waals surface area (Å²) < 4.78 is 8.30. The molecule has 0 unspecified atom stereocenters. The van der Waals surface area contributed by atoms with Gasteiger partial charge in [-0.1, -0.05) is 44.2 Å². The zero-order valence-electron chi connectivity index (χ0n) is 14.9. The van der Waals surface area contributed by atoms with Crippen molar-refractivity contribution >= 4 is 21.8 Å². The molecule has 2 aromatic heterocycles. The monoisotopic (exact) mass is 415 g/mol. The van der Waals surface area contributed by atoms with Gasteiger partial charge in [0, 0.05) is 12.7 Å². The second kappa shape index (κ2) is 7.91. The number of nitrogens with zero attached hydrogens (tertiary/aromatic N) is 2. The molecule has 0 saturated heterocycles. The van der Waals surface area contributed by atoms with Gasteiger partial charge in [-0.15, -0.1) is 0 Å². The van der Waals surface area contributed by atoms with Gasteiger partial charge in [-0.05, 0) is 45.5 Å². The van der Waals surface area contributed by atoms with Crippen molar-refractivity contribution in [1.82, 2.24) is 15.1 Å². The summed E-state index contributed by atoms with van der Waals surface area (Å²) in [5.41, 5.74) is 1.21. The molecule has 1 N–H and O–H groups in total. The van der Waals surface area contributed by atoms with E-state index in [-0.39, 0.29) is 11.3 Å². The van der Waals surface area contributed by atoms with Gasteiger partial charge < -0.3 is 9.73 Å². The van der Waals surface area contributed by atoms with Gasteiger partial charge in [-0.25, -0.2) is 0 Å². The van der Waals surface area contributed by atoms with E-state index in [9.17, 15) is 4.79 Å². The molecule has 0 saturated carbocycles. The molecule has 3 aromatic rings. The topological polar surface area (TPSA) is 60.1 Å². The lowest BCUT2D eigenvalue weighted by atomic mass is 9.85. The van der Waals surface area contributed by atoms with Gasteiger partial charge in [0.05, 0.1) is 17.2 Å². The summed E-state index contributed by atoms with van der Waals surface area (Å²) in [6, 6.07) is 13.8. The third-order valence-electron chi connectivity index (χ3n) is 4.06. The van der Waals surface area contributed by atoms with Crippen molar-refractivity contribution in [2.24, 2.45) is 5.41 Å². The van der Waals surface area contributed by atoms with Gasteiger partial charge in [0.2, 0.25) is 0 Å². The molecule has 0 aliphatic rings. The van der Waals surface area contributed by atoms with Gasteiger partial charge in [-0.2, -0.15) is 5.10 Å². The summed E-state index contributed by atoms with van der Waals surface area (Å²) in [6.07, 6.45) is 4.46. The highest BCUT2D eigenvalue weighted by atomic mass is 79.9. The Kier molecular flexibility index (Phi) is 5.61. The summed E-state index contributed by atoms with van der Waals surface area (Å²) >= 11 is 3.36. The lowest BCUT2D eigenvalue weighted by Gasteiger charge is -2.24. The van der Waals surface area contributed by atoms with Crippen LogP contribution in [0.3, 0.4) is 0 Å². The Hall–Kier alpha value is -2.34. The molecule has 0 spiro atoms. The Balaban J connectivity index is 1.54. The smallest absolute Gasteiger partial charge is 0.287 e. The maximum absolute atomic E-state index is 12.4. The van der Waals surface area contributed by atoms with Crippen LogP contribution in [0.2, 0.25) is 0 Å². The number of nitrogens with one attached hydrogen (secondary N) is 1. The van der Waals surface area contributed by atoms with Crippen molar-refractivity contribution < 1.29 is 9.21 Å². The molecule has 2 heterocycles. The molecule has 0 atom stereocenters. The highest BCUT2D eigenvalue weighted by Gasteiger charge is 2.21. The molecule has 5 nitrogen and oxygen atoms in total. The SMILES string of the molecule is CC(C)(CNC(=O)c1ccc(Cn2cc(Br)cn2)o1)Cc1ccccc1. The Morgan fingerprint density at radius 1 is 1.23 bits per heavy atom. The fraction of sp³-hybridized carbons (Fsp3) is 0.300. The van der Waals surface area contributed by atoms with E-state index in [2.05, 4.69) is 52.3 Å². The zero-order chi connectivity index (χ0) is 18.6. The molecule has 0 aliphatic heterocycles. The highest BCUT2D eigenvalue weighted by Crippen LogP contribution is 2.21. The van der Waals surface area contributed by atoms with E-state index < -0.39 is 0 Å². The van der Waals surface area contributed by atoms with E-state index in [1.165, 1.54) is 5.56 Å². The van der Waals surface area contributed by atoms with Crippen molar-refractivity contribution in [2.75, 3.05) is 6.54 Å². The normalized spacial score (nSPS) is 11.5. The van der Waals surface area contributed by atoms with E-state index in [0.29, 0.717) is 24.6 Å². The first-order valence-electron chi connectivity index (χ1n) is 8.50. The molecule has 136 valence electrons. The summed E-state index contributed by atoms with van der Waals surface area (Å²) in [4.78, 5) is 12.4. The minimum atomic E-state index is -0.195. The fourth-order valence-corrected chi connectivity index (χ4v) is 3.11.